The molecule has 0 aliphatic carbocycles. The first-order chi connectivity index (χ1) is 16.1. The van der Waals surface area contributed by atoms with Crippen LogP contribution in [0.1, 0.15) is 5.56 Å². The number of imidazole rings is 1. The zero-order chi connectivity index (χ0) is 22.9. The standard InChI is InChI=1S/C22H17ClFN7O2/c1-33-18-9-25-20(13-7-12(23)3-4-14(13)24)30-21(18)29-17-8-26-31-19(17)22-27-15-5-2-11(10-32)6-16(15)28-22/h2-9,32H,10H2,1H3,(H,26,31)(H,27,28)(H,25,29,30). The Morgan fingerprint density at radius 3 is 2.88 bits per heavy atom. The van der Waals surface area contributed by atoms with Crippen molar-refractivity contribution in [3.63, 3.8) is 0 Å². The number of halogens is 2. The van der Waals surface area contributed by atoms with Crippen molar-refractivity contribution in [2.75, 3.05) is 12.4 Å². The van der Waals surface area contributed by atoms with Gasteiger partial charge >= 0.3 is 0 Å². The molecule has 0 amide bonds. The summed E-state index contributed by atoms with van der Waals surface area (Å²) in [7, 11) is 1.48. The quantitative estimate of drug-likeness (QED) is 0.292. The van der Waals surface area contributed by atoms with Gasteiger partial charge in [-0.15, -0.1) is 0 Å². The van der Waals surface area contributed by atoms with Gasteiger partial charge in [0.25, 0.3) is 0 Å². The number of anilines is 2. The van der Waals surface area contributed by atoms with E-state index >= 15 is 0 Å². The number of hydrogen-bond acceptors (Lipinski definition) is 7. The van der Waals surface area contributed by atoms with E-state index in [0.717, 1.165) is 11.1 Å². The highest BCUT2D eigenvalue weighted by atomic mass is 35.5. The number of benzene rings is 2. The lowest BCUT2D eigenvalue weighted by atomic mass is 10.2. The van der Waals surface area contributed by atoms with Gasteiger partial charge in [-0.2, -0.15) is 5.10 Å². The molecule has 0 radical (unpaired) electrons. The number of nitrogens with one attached hydrogen (secondary N) is 3. The highest BCUT2D eigenvalue weighted by Crippen LogP contribution is 2.33. The van der Waals surface area contributed by atoms with Crippen LogP contribution < -0.4 is 10.1 Å². The summed E-state index contributed by atoms with van der Waals surface area (Å²) in [4.78, 5) is 16.4. The van der Waals surface area contributed by atoms with E-state index in [1.165, 1.54) is 31.5 Å². The fraction of sp³-hybridized carbons (Fsp3) is 0.0909. The molecule has 5 aromatic rings. The van der Waals surface area contributed by atoms with Crippen LogP contribution in [-0.4, -0.2) is 42.3 Å². The van der Waals surface area contributed by atoms with Crippen LogP contribution in [0.15, 0.2) is 48.8 Å². The minimum atomic E-state index is -0.496. The van der Waals surface area contributed by atoms with Crippen molar-refractivity contribution < 1.29 is 14.2 Å². The summed E-state index contributed by atoms with van der Waals surface area (Å²) in [5.41, 5.74) is 3.49. The van der Waals surface area contributed by atoms with Crippen LogP contribution in [0.3, 0.4) is 0 Å². The van der Waals surface area contributed by atoms with Crippen molar-refractivity contribution in [1.82, 2.24) is 30.1 Å². The zero-order valence-electron chi connectivity index (χ0n) is 17.2. The maximum atomic E-state index is 14.4. The molecule has 3 heterocycles. The average Bonchev–Trinajstić information content (AvgIpc) is 3.46. The molecule has 0 aliphatic rings. The van der Waals surface area contributed by atoms with Crippen LogP contribution in [0.25, 0.3) is 33.9 Å². The number of aromatic amines is 2. The van der Waals surface area contributed by atoms with Gasteiger partial charge in [-0.3, -0.25) is 5.10 Å². The minimum absolute atomic E-state index is 0.0730. The van der Waals surface area contributed by atoms with Gasteiger partial charge < -0.3 is 20.1 Å². The second kappa shape index (κ2) is 8.49. The minimum Gasteiger partial charge on any atom is -0.491 e. The zero-order valence-corrected chi connectivity index (χ0v) is 18.0. The van der Waals surface area contributed by atoms with E-state index < -0.39 is 5.82 Å². The van der Waals surface area contributed by atoms with Crippen LogP contribution >= 0.6 is 11.6 Å². The van der Waals surface area contributed by atoms with Gasteiger partial charge in [-0.1, -0.05) is 17.7 Å². The lowest BCUT2D eigenvalue weighted by Crippen LogP contribution is -2.02. The predicted molar refractivity (Wildman–Crippen MR) is 122 cm³/mol. The van der Waals surface area contributed by atoms with Crippen LogP contribution in [0, 0.1) is 5.82 Å². The van der Waals surface area contributed by atoms with Gasteiger partial charge in [0, 0.05) is 11.2 Å². The van der Waals surface area contributed by atoms with E-state index in [9.17, 15) is 9.50 Å². The summed E-state index contributed by atoms with van der Waals surface area (Å²) >= 11 is 6.02. The molecule has 0 saturated heterocycles. The molecule has 5 rings (SSSR count). The summed E-state index contributed by atoms with van der Waals surface area (Å²) in [6.45, 7) is -0.0730. The molecule has 11 heteroatoms. The fourth-order valence-corrected chi connectivity index (χ4v) is 3.54. The Hall–Kier alpha value is -4.02. The molecular formula is C22H17ClFN7O2. The Morgan fingerprint density at radius 2 is 2.06 bits per heavy atom. The van der Waals surface area contributed by atoms with Crippen LogP contribution in [-0.2, 0) is 6.61 Å². The SMILES string of the molecule is COc1cnc(-c2cc(Cl)ccc2F)nc1Nc1c[nH]nc1-c1nc2cc(CO)ccc2[nH]1. The van der Waals surface area contributed by atoms with Crippen molar-refractivity contribution in [3.05, 3.63) is 65.2 Å². The predicted octanol–water partition coefficient (Wildman–Crippen LogP) is 4.45. The number of aromatic nitrogens is 6. The summed E-state index contributed by atoms with van der Waals surface area (Å²) < 4.78 is 19.7. The number of aliphatic hydroxyl groups excluding tert-OH is 1. The molecule has 0 aliphatic heterocycles. The normalized spacial score (nSPS) is 11.2. The van der Waals surface area contributed by atoms with Gasteiger partial charge in [0.2, 0.25) is 0 Å². The van der Waals surface area contributed by atoms with E-state index in [-0.39, 0.29) is 18.0 Å². The lowest BCUT2D eigenvalue weighted by Gasteiger charge is -2.11. The third kappa shape index (κ3) is 3.97. The summed E-state index contributed by atoms with van der Waals surface area (Å²) in [6, 6.07) is 9.63. The van der Waals surface area contributed by atoms with Crippen molar-refractivity contribution in [1.29, 1.82) is 0 Å². The van der Waals surface area contributed by atoms with E-state index in [1.54, 1.807) is 12.3 Å². The second-order valence-corrected chi connectivity index (χ2v) is 7.54. The van der Waals surface area contributed by atoms with E-state index in [0.29, 0.717) is 39.3 Å². The van der Waals surface area contributed by atoms with Gasteiger partial charge in [0.15, 0.2) is 28.9 Å². The number of nitrogens with zero attached hydrogens (tertiary/aromatic N) is 4. The van der Waals surface area contributed by atoms with Crippen molar-refractivity contribution in [3.8, 4) is 28.7 Å². The largest absolute Gasteiger partial charge is 0.491 e. The Balaban J connectivity index is 1.53. The molecule has 4 N–H and O–H groups in total. The maximum Gasteiger partial charge on any atom is 0.179 e. The summed E-state index contributed by atoms with van der Waals surface area (Å²) in [6.07, 6.45) is 3.09. The molecule has 0 bridgehead atoms. The number of fused-ring (bicyclic) bond motifs is 1. The van der Waals surface area contributed by atoms with Crippen molar-refractivity contribution in [2.24, 2.45) is 0 Å². The first kappa shape index (κ1) is 20.9. The van der Waals surface area contributed by atoms with Gasteiger partial charge in [0.05, 0.1) is 42.2 Å². The van der Waals surface area contributed by atoms with E-state index in [2.05, 4.69) is 35.5 Å². The third-order valence-electron chi connectivity index (χ3n) is 4.99. The highest BCUT2D eigenvalue weighted by molar-refractivity contribution is 6.30. The number of hydrogen-bond donors (Lipinski definition) is 4. The van der Waals surface area contributed by atoms with E-state index in [1.807, 2.05) is 12.1 Å². The number of ether oxygens (including phenoxy) is 1. The summed E-state index contributed by atoms with van der Waals surface area (Å²) in [5, 5.41) is 20.0. The molecule has 3 aromatic heterocycles. The Morgan fingerprint density at radius 1 is 1.18 bits per heavy atom. The molecule has 0 fully saturated rings. The smallest absolute Gasteiger partial charge is 0.179 e. The van der Waals surface area contributed by atoms with Gasteiger partial charge in [0.1, 0.15) is 5.82 Å². The lowest BCUT2D eigenvalue weighted by molar-refractivity contribution is 0.282. The van der Waals surface area contributed by atoms with Crippen LogP contribution in [0.2, 0.25) is 5.02 Å². The first-order valence-electron chi connectivity index (χ1n) is 9.83. The number of aliphatic hydroxyl groups is 1. The number of rotatable bonds is 6. The maximum absolute atomic E-state index is 14.4. The van der Waals surface area contributed by atoms with Crippen LogP contribution in [0.4, 0.5) is 15.9 Å². The topological polar surface area (TPSA) is 125 Å². The molecule has 0 saturated carbocycles. The van der Waals surface area contributed by atoms with Crippen molar-refractivity contribution in [2.45, 2.75) is 6.61 Å². The number of H-pyrrole nitrogens is 2. The van der Waals surface area contributed by atoms with E-state index in [4.69, 9.17) is 16.3 Å². The first-order valence-corrected chi connectivity index (χ1v) is 10.2. The highest BCUT2D eigenvalue weighted by Gasteiger charge is 2.18. The third-order valence-corrected chi connectivity index (χ3v) is 5.23. The molecule has 166 valence electrons. The molecule has 33 heavy (non-hydrogen) atoms. The second-order valence-electron chi connectivity index (χ2n) is 7.10. The summed E-state index contributed by atoms with van der Waals surface area (Å²) in [5.74, 6) is 0.819. The monoisotopic (exact) mass is 465 g/mol. The Labute approximate surface area is 191 Å². The molecule has 2 aromatic carbocycles. The van der Waals surface area contributed by atoms with Gasteiger partial charge in [-0.05, 0) is 35.9 Å². The molecule has 0 spiro atoms. The molecule has 0 unspecified atom stereocenters. The van der Waals surface area contributed by atoms with Gasteiger partial charge in [-0.25, -0.2) is 19.3 Å². The number of methoxy groups -OCH3 is 1. The Bertz CT molecular complexity index is 1470. The molecule has 0 atom stereocenters. The fourth-order valence-electron chi connectivity index (χ4n) is 3.36. The van der Waals surface area contributed by atoms with Crippen LogP contribution in [0.5, 0.6) is 5.75 Å². The van der Waals surface area contributed by atoms with Crippen molar-refractivity contribution >= 4 is 34.1 Å². The average molecular weight is 466 g/mol. The Kier molecular flexibility index (Phi) is 5.37. The molecular weight excluding hydrogens is 449 g/mol. The molecule has 9 nitrogen and oxygen atoms in total.